The molecule has 1 fully saturated rings. The third kappa shape index (κ3) is 3.62. The highest BCUT2D eigenvalue weighted by atomic mass is 35.5. The molecule has 3 rings (SSSR count). The molecule has 7 heteroatoms. The molecule has 0 aliphatic heterocycles. The molecule has 0 spiro atoms. The van der Waals surface area contributed by atoms with Gasteiger partial charge < -0.3 is 5.32 Å². The molecular formula is C15H17ClN4OS. The number of carbonyl (C=O) groups excluding carboxylic acids is 1. The fourth-order valence-corrected chi connectivity index (χ4v) is 3.22. The van der Waals surface area contributed by atoms with Gasteiger partial charge in [0.05, 0.1) is 16.5 Å². The van der Waals surface area contributed by atoms with Crippen LogP contribution in [-0.2, 0) is 4.79 Å². The Hall–Kier alpha value is -1.53. The van der Waals surface area contributed by atoms with E-state index in [-0.39, 0.29) is 11.7 Å². The van der Waals surface area contributed by atoms with Crippen molar-refractivity contribution >= 4 is 35.0 Å². The Kier molecular flexibility index (Phi) is 4.40. The number of thioether (sulfide) groups is 1. The molecule has 5 nitrogen and oxygen atoms in total. The highest BCUT2D eigenvalue weighted by molar-refractivity contribution is 7.99. The number of halogens is 1. The molecule has 1 aliphatic carbocycles. The van der Waals surface area contributed by atoms with E-state index in [1.807, 2.05) is 26.0 Å². The first-order chi connectivity index (χ1) is 10.5. The SMILES string of the molecule is Cc1cc(C)c(NC(=O)CSc2n[nH]c(C3CC3)n2)c(Cl)c1. The van der Waals surface area contributed by atoms with E-state index in [0.717, 1.165) is 17.0 Å². The predicted molar refractivity (Wildman–Crippen MR) is 88.6 cm³/mol. The molecule has 1 aromatic heterocycles. The van der Waals surface area contributed by atoms with Crippen LogP contribution in [0.15, 0.2) is 17.3 Å². The normalized spacial score (nSPS) is 14.1. The van der Waals surface area contributed by atoms with E-state index in [1.165, 1.54) is 24.6 Å². The van der Waals surface area contributed by atoms with Crippen molar-refractivity contribution in [1.82, 2.24) is 15.2 Å². The van der Waals surface area contributed by atoms with Gasteiger partial charge in [0.2, 0.25) is 11.1 Å². The van der Waals surface area contributed by atoms with Crippen LogP contribution in [0.3, 0.4) is 0 Å². The van der Waals surface area contributed by atoms with E-state index in [4.69, 9.17) is 11.6 Å². The lowest BCUT2D eigenvalue weighted by atomic mass is 10.1. The van der Waals surface area contributed by atoms with Crippen molar-refractivity contribution in [2.75, 3.05) is 11.1 Å². The number of carbonyl (C=O) groups is 1. The number of H-pyrrole nitrogens is 1. The Morgan fingerprint density at radius 2 is 2.23 bits per heavy atom. The number of rotatable bonds is 5. The van der Waals surface area contributed by atoms with E-state index in [1.54, 1.807) is 0 Å². The van der Waals surface area contributed by atoms with E-state index >= 15 is 0 Å². The van der Waals surface area contributed by atoms with Gasteiger partial charge in [0.1, 0.15) is 5.82 Å². The lowest BCUT2D eigenvalue weighted by Gasteiger charge is -2.11. The molecule has 1 aliphatic rings. The Bertz CT molecular complexity index is 688. The summed E-state index contributed by atoms with van der Waals surface area (Å²) in [5, 5.41) is 11.1. The fraction of sp³-hybridized carbons (Fsp3) is 0.400. The molecule has 1 aromatic carbocycles. The van der Waals surface area contributed by atoms with Gasteiger partial charge in [-0.25, -0.2) is 4.98 Å². The topological polar surface area (TPSA) is 70.7 Å². The molecule has 116 valence electrons. The number of nitrogens with zero attached hydrogens (tertiary/aromatic N) is 2. The number of aromatic nitrogens is 3. The summed E-state index contributed by atoms with van der Waals surface area (Å²) in [7, 11) is 0. The average Bonchev–Trinajstić information content (AvgIpc) is 3.20. The van der Waals surface area contributed by atoms with Crippen LogP contribution >= 0.6 is 23.4 Å². The van der Waals surface area contributed by atoms with Crippen LogP contribution in [0.2, 0.25) is 5.02 Å². The van der Waals surface area contributed by atoms with Gasteiger partial charge in [0.25, 0.3) is 0 Å². The van der Waals surface area contributed by atoms with E-state index < -0.39 is 0 Å². The minimum atomic E-state index is -0.114. The highest BCUT2D eigenvalue weighted by Crippen LogP contribution is 2.38. The number of amides is 1. The second kappa shape index (κ2) is 6.30. The Morgan fingerprint density at radius 1 is 1.45 bits per heavy atom. The first kappa shape index (κ1) is 15.4. The number of nitrogens with one attached hydrogen (secondary N) is 2. The molecule has 1 amide bonds. The molecule has 2 aromatic rings. The number of hydrogen-bond acceptors (Lipinski definition) is 4. The second-order valence-electron chi connectivity index (χ2n) is 5.55. The summed E-state index contributed by atoms with van der Waals surface area (Å²) in [5.41, 5.74) is 2.70. The van der Waals surface area contributed by atoms with Gasteiger partial charge in [-0.1, -0.05) is 29.4 Å². The maximum atomic E-state index is 12.1. The zero-order valence-electron chi connectivity index (χ0n) is 12.4. The highest BCUT2D eigenvalue weighted by Gasteiger charge is 2.27. The summed E-state index contributed by atoms with van der Waals surface area (Å²) < 4.78 is 0. The number of aromatic amines is 1. The average molecular weight is 337 g/mol. The zero-order valence-corrected chi connectivity index (χ0v) is 14.0. The molecule has 22 heavy (non-hydrogen) atoms. The number of anilines is 1. The van der Waals surface area contributed by atoms with Gasteiger partial charge in [0.15, 0.2) is 0 Å². The van der Waals surface area contributed by atoms with Crippen molar-refractivity contribution in [1.29, 1.82) is 0 Å². The van der Waals surface area contributed by atoms with Crippen molar-refractivity contribution < 1.29 is 4.79 Å². The van der Waals surface area contributed by atoms with Crippen LogP contribution in [0.1, 0.15) is 35.7 Å². The van der Waals surface area contributed by atoms with E-state index in [9.17, 15) is 4.79 Å². The van der Waals surface area contributed by atoms with Crippen LogP contribution in [-0.4, -0.2) is 26.8 Å². The molecule has 2 N–H and O–H groups in total. The number of aryl methyl sites for hydroxylation is 2. The van der Waals surface area contributed by atoms with Gasteiger partial charge in [0, 0.05) is 5.92 Å². The van der Waals surface area contributed by atoms with Crippen LogP contribution in [0.5, 0.6) is 0 Å². The smallest absolute Gasteiger partial charge is 0.234 e. The summed E-state index contributed by atoms with van der Waals surface area (Å²) in [6.07, 6.45) is 2.34. The molecule has 0 saturated heterocycles. The molecule has 1 saturated carbocycles. The van der Waals surface area contributed by atoms with Crippen molar-refractivity contribution in [2.45, 2.75) is 37.8 Å². The largest absolute Gasteiger partial charge is 0.324 e. The first-order valence-electron chi connectivity index (χ1n) is 7.14. The molecule has 0 atom stereocenters. The number of hydrogen-bond donors (Lipinski definition) is 2. The second-order valence-corrected chi connectivity index (χ2v) is 6.90. The van der Waals surface area contributed by atoms with E-state index in [0.29, 0.717) is 21.8 Å². The van der Waals surface area contributed by atoms with Gasteiger partial charge in [-0.15, -0.1) is 5.10 Å². The first-order valence-corrected chi connectivity index (χ1v) is 8.51. The molecule has 0 bridgehead atoms. The van der Waals surface area contributed by atoms with Gasteiger partial charge in [-0.3, -0.25) is 9.89 Å². The molecular weight excluding hydrogens is 320 g/mol. The van der Waals surface area contributed by atoms with Gasteiger partial charge in [-0.05, 0) is 43.9 Å². The minimum Gasteiger partial charge on any atom is -0.324 e. The quantitative estimate of drug-likeness (QED) is 0.817. The predicted octanol–water partition coefficient (Wildman–Crippen LogP) is 3.68. The van der Waals surface area contributed by atoms with E-state index in [2.05, 4.69) is 20.5 Å². The van der Waals surface area contributed by atoms with Crippen LogP contribution in [0.25, 0.3) is 0 Å². The van der Waals surface area contributed by atoms with Crippen molar-refractivity contribution in [2.24, 2.45) is 0 Å². The van der Waals surface area contributed by atoms with Gasteiger partial charge in [-0.2, -0.15) is 0 Å². The maximum Gasteiger partial charge on any atom is 0.234 e. The minimum absolute atomic E-state index is 0.114. The van der Waals surface area contributed by atoms with Crippen molar-refractivity contribution in [3.8, 4) is 0 Å². The Labute approximate surface area is 138 Å². The lowest BCUT2D eigenvalue weighted by Crippen LogP contribution is -2.15. The lowest BCUT2D eigenvalue weighted by molar-refractivity contribution is -0.113. The summed E-state index contributed by atoms with van der Waals surface area (Å²) in [6, 6.07) is 3.83. The third-order valence-corrected chi connectivity index (χ3v) is 4.62. The molecule has 1 heterocycles. The molecule has 0 radical (unpaired) electrons. The van der Waals surface area contributed by atoms with Crippen LogP contribution in [0.4, 0.5) is 5.69 Å². The van der Waals surface area contributed by atoms with Crippen LogP contribution < -0.4 is 5.32 Å². The molecule has 0 unspecified atom stereocenters. The monoisotopic (exact) mass is 336 g/mol. The van der Waals surface area contributed by atoms with Crippen molar-refractivity contribution in [3.05, 3.63) is 34.1 Å². The van der Waals surface area contributed by atoms with Crippen LogP contribution in [0, 0.1) is 13.8 Å². The summed E-state index contributed by atoms with van der Waals surface area (Å²) in [5.74, 6) is 1.60. The Morgan fingerprint density at radius 3 is 2.91 bits per heavy atom. The number of benzene rings is 1. The summed E-state index contributed by atoms with van der Waals surface area (Å²) in [6.45, 7) is 3.90. The third-order valence-electron chi connectivity index (χ3n) is 3.47. The summed E-state index contributed by atoms with van der Waals surface area (Å²) in [4.78, 5) is 16.5. The standard InChI is InChI=1S/C15H17ClN4OS/c1-8-5-9(2)13(11(16)6-8)17-12(21)7-22-15-18-14(19-20-15)10-3-4-10/h5-6,10H,3-4,7H2,1-2H3,(H,17,21)(H,18,19,20). The fourth-order valence-electron chi connectivity index (χ4n) is 2.24. The summed E-state index contributed by atoms with van der Waals surface area (Å²) >= 11 is 7.51. The van der Waals surface area contributed by atoms with Crippen molar-refractivity contribution in [3.63, 3.8) is 0 Å². The Balaban J connectivity index is 1.58. The maximum absolute atomic E-state index is 12.1. The zero-order chi connectivity index (χ0) is 15.7. The van der Waals surface area contributed by atoms with Gasteiger partial charge >= 0.3 is 0 Å².